The number of hydrogen-bond donors (Lipinski definition) is 2. The van der Waals surface area contributed by atoms with Crippen LogP contribution in [0.3, 0.4) is 0 Å². The lowest BCUT2D eigenvalue weighted by Crippen LogP contribution is -2.24. The van der Waals surface area contributed by atoms with Gasteiger partial charge in [0.2, 0.25) is 5.91 Å². The van der Waals surface area contributed by atoms with E-state index in [4.69, 9.17) is 4.74 Å². The normalized spacial score (nSPS) is 10.7. The van der Waals surface area contributed by atoms with E-state index in [1.165, 1.54) is 16.7 Å². The van der Waals surface area contributed by atoms with Crippen LogP contribution in [-0.4, -0.2) is 58.7 Å². The molecule has 0 aliphatic heterocycles. The van der Waals surface area contributed by atoms with E-state index in [0.29, 0.717) is 45.8 Å². The molecule has 10 nitrogen and oxygen atoms in total. The molecule has 2 N–H and O–H groups in total. The molecule has 0 saturated carbocycles. The smallest absolute Gasteiger partial charge is 0.356 e. The maximum atomic E-state index is 13.1. The molecule has 0 unspecified atom stereocenters. The predicted octanol–water partition coefficient (Wildman–Crippen LogP) is 3.25. The number of rotatable bonds is 8. The number of esters is 1. The summed E-state index contributed by atoms with van der Waals surface area (Å²) in [4.78, 5) is 43.0. The first kappa shape index (κ1) is 25.4. The van der Waals surface area contributed by atoms with Crippen LogP contribution >= 0.6 is 0 Å². The SMILES string of the molecule is COC(=O)c1c2ccc(NC(=O)c3ccccc3NCc3ccnc(CC(=O)N(C)C)c3)cc2nn1C. The van der Waals surface area contributed by atoms with Crippen molar-refractivity contribution in [3.63, 3.8) is 0 Å². The molecule has 0 spiro atoms. The Balaban J connectivity index is 1.48. The highest BCUT2D eigenvalue weighted by Crippen LogP contribution is 2.24. The minimum atomic E-state index is -0.479. The first-order valence-corrected chi connectivity index (χ1v) is 11.6. The number of carbonyl (C=O) groups is 3. The Labute approximate surface area is 214 Å². The van der Waals surface area contributed by atoms with Crippen molar-refractivity contribution >= 4 is 40.1 Å². The number of nitrogens with zero attached hydrogens (tertiary/aromatic N) is 4. The minimum absolute atomic E-state index is 0.0231. The Hall–Kier alpha value is -4.73. The zero-order valence-electron chi connectivity index (χ0n) is 21.1. The fourth-order valence-corrected chi connectivity index (χ4v) is 3.90. The van der Waals surface area contributed by atoms with E-state index >= 15 is 0 Å². The molecule has 2 aromatic carbocycles. The highest BCUT2D eigenvalue weighted by molar-refractivity contribution is 6.09. The first-order valence-electron chi connectivity index (χ1n) is 11.6. The summed E-state index contributed by atoms with van der Waals surface area (Å²) in [7, 11) is 6.41. The summed E-state index contributed by atoms with van der Waals surface area (Å²) in [6.07, 6.45) is 1.90. The number of benzene rings is 2. The molecule has 0 aliphatic rings. The van der Waals surface area contributed by atoms with Gasteiger partial charge in [-0.05, 0) is 48.0 Å². The highest BCUT2D eigenvalue weighted by Gasteiger charge is 2.18. The van der Waals surface area contributed by atoms with Gasteiger partial charge in [0.15, 0.2) is 5.69 Å². The van der Waals surface area contributed by atoms with Crippen LogP contribution in [0.2, 0.25) is 0 Å². The number of aryl methyl sites for hydroxylation is 1. The minimum Gasteiger partial charge on any atom is -0.464 e. The van der Waals surface area contributed by atoms with Gasteiger partial charge in [-0.25, -0.2) is 4.79 Å². The summed E-state index contributed by atoms with van der Waals surface area (Å²) in [6, 6.07) is 16.1. The molecule has 37 heavy (non-hydrogen) atoms. The molecule has 0 fully saturated rings. The Kier molecular flexibility index (Phi) is 7.47. The summed E-state index contributed by atoms with van der Waals surface area (Å²) >= 11 is 0. The molecule has 2 amide bonds. The molecule has 190 valence electrons. The second kappa shape index (κ2) is 10.9. The average Bonchev–Trinajstić information content (AvgIpc) is 3.22. The van der Waals surface area contributed by atoms with Crippen molar-refractivity contribution in [3.05, 3.63) is 83.3 Å². The largest absolute Gasteiger partial charge is 0.464 e. The van der Waals surface area contributed by atoms with Crippen molar-refractivity contribution in [2.75, 3.05) is 31.8 Å². The van der Waals surface area contributed by atoms with Gasteiger partial charge in [0, 0.05) is 56.3 Å². The Morgan fingerprint density at radius 2 is 1.84 bits per heavy atom. The maximum Gasteiger partial charge on any atom is 0.356 e. The first-order chi connectivity index (χ1) is 17.8. The standard InChI is InChI=1S/C27H28N6O4/c1-32(2)24(34)15-19-13-17(11-12-28-19)16-29-22-8-6-5-7-21(22)26(35)30-18-9-10-20-23(14-18)31-33(3)25(20)27(36)37-4/h5-14,29H,15-16H2,1-4H3,(H,30,35). The quantitative estimate of drug-likeness (QED) is 0.357. The second-order valence-corrected chi connectivity index (χ2v) is 8.67. The number of aromatic nitrogens is 3. The zero-order valence-corrected chi connectivity index (χ0v) is 21.1. The van der Waals surface area contributed by atoms with Crippen LogP contribution in [0.15, 0.2) is 60.8 Å². The highest BCUT2D eigenvalue weighted by atomic mass is 16.5. The van der Waals surface area contributed by atoms with Gasteiger partial charge in [0.05, 0.1) is 24.6 Å². The fourth-order valence-electron chi connectivity index (χ4n) is 3.90. The number of ether oxygens (including phenoxy) is 1. The molecule has 4 rings (SSSR count). The van der Waals surface area contributed by atoms with Crippen LogP contribution in [0.1, 0.15) is 32.1 Å². The molecule has 0 saturated heterocycles. The number of amides is 2. The third-order valence-electron chi connectivity index (χ3n) is 5.84. The number of methoxy groups -OCH3 is 1. The number of para-hydroxylation sites is 1. The predicted molar refractivity (Wildman–Crippen MR) is 140 cm³/mol. The van der Waals surface area contributed by atoms with Crippen molar-refractivity contribution in [3.8, 4) is 0 Å². The van der Waals surface area contributed by atoms with Crippen LogP contribution in [0.25, 0.3) is 10.9 Å². The van der Waals surface area contributed by atoms with Gasteiger partial charge in [-0.15, -0.1) is 0 Å². The van der Waals surface area contributed by atoms with Gasteiger partial charge in [-0.1, -0.05) is 12.1 Å². The molecular formula is C27H28N6O4. The van der Waals surface area contributed by atoms with Crippen molar-refractivity contribution in [1.82, 2.24) is 19.7 Å². The Morgan fingerprint density at radius 1 is 1.05 bits per heavy atom. The molecular weight excluding hydrogens is 472 g/mol. The van der Waals surface area contributed by atoms with Crippen LogP contribution in [0.4, 0.5) is 11.4 Å². The van der Waals surface area contributed by atoms with Crippen LogP contribution in [-0.2, 0) is 29.5 Å². The monoisotopic (exact) mass is 500 g/mol. The van der Waals surface area contributed by atoms with Gasteiger partial charge in [-0.3, -0.25) is 19.3 Å². The van der Waals surface area contributed by atoms with E-state index in [0.717, 1.165) is 5.56 Å². The number of anilines is 2. The van der Waals surface area contributed by atoms with Gasteiger partial charge < -0.3 is 20.3 Å². The molecule has 2 heterocycles. The molecule has 0 aliphatic carbocycles. The van der Waals surface area contributed by atoms with E-state index < -0.39 is 5.97 Å². The number of fused-ring (bicyclic) bond motifs is 1. The molecule has 0 atom stereocenters. The molecule has 0 bridgehead atoms. The number of likely N-dealkylation sites (N-methyl/N-ethyl adjacent to an activating group) is 1. The second-order valence-electron chi connectivity index (χ2n) is 8.67. The van der Waals surface area contributed by atoms with Crippen LogP contribution in [0, 0.1) is 0 Å². The van der Waals surface area contributed by atoms with Crippen molar-refractivity contribution in [1.29, 1.82) is 0 Å². The maximum absolute atomic E-state index is 13.1. The van der Waals surface area contributed by atoms with Gasteiger partial charge in [0.25, 0.3) is 5.91 Å². The van der Waals surface area contributed by atoms with E-state index in [9.17, 15) is 14.4 Å². The van der Waals surface area contributed by atoms with Gasteiger partial charge >= 0.3 is 5.97 Å². The molecule has 4 aromatic rings. The lowest BCUT2D eigenvalue weighted by Gasteiger charge is -2.13. The molecule has 10 heteroatoms. The zero-order chi connectivity index (χ0) is 26.5. The summed E-state index contributed by atoms with van der Waals surface area (Å²) in [5.74, 6) is -0.795. The van der Waals surface area contributed by atoms with Gasteiger partial charge in [-0.2, -0.15) is 5.10 Å². The average molecular weight is 501 g/mol. The van der Waals surface area contributed by atoms with Crippen molar-refractivity contribution in [2.45, 2.75) is 13.0 Å². The third-order valence-corrected chi connectivity index (χ3v) is 5.84. The number of carbonyl (C=O) groups excluding carboxylic acids is 3. The number of nitrogens with one attached hydrogen (secondary N) is 2. The number of hydrogen-bond acceptors (Lipinski definition) is 7. The number of pyridine rings is 1. The summed E-state index contributed by atoms with van der Waals surface area (Å²) in [5.41, 5.74) is 4.21. The van der Waals surface area contributed by atoms with E-state index in [-0.39, 0.29) is 18.2 Å². The van der Waals surface area contributed by atoms with Crippen molar-refractivity contribution in [2.24, 2.45) is 7.05 Å². The molecule has 0 radical (unpaired) electrons. The van der Waals surface area contributed by atoms with Crippen LogP contribution in [0.5, 0.6) is 0 Å². The van der Waals surface area contributed by atoms with Crippen LogP contribution < -0.4 is 10.6 Å². The molecule has 2 aromatic heterocycles. The van der Waals surface area contributed by atoms with E-state index in [2.05, 4.69) is 20.7 Å². The topological polar surface area (TPSA) is 118 Å². The van der Waals surface area contributed by atoms with E-state index in [1.807, 2.05) is 24.3 Å². The lowest BCUT2D eigenvalue weighted by molar-refractivity contribution is -0.128. The summed E-state index contributed by atoms with van der Waals surface area (Å²) in [6.45, 7) is 0.451. The summed E-state index contributed by atoms with van der Waals surface area (Å²) < 4.78 is 6.30. The Bertz CT molecular complexity index is 1480. The lowest BCUT2D eigenvalue weighted by atomic mass is 10.1. The van der Waals surface area contributed by atoms with Gasteiger partial charge in [0.1, 0.15) is 0 Å². The van der Waals surface area contributed by atoms with Crippen molar-refractivity contribution < 1.29 is 19.1 Å². The van der Waals surface area contributed by atoms with E-state index in [1.54, 1.807) is 57.7 Å². The fraction of sp³-hybridized carbons (Fsp3) is 0.222. The third kappa shape index (κ3) is 5.75. The summed E-state index contributed by atoms with van der Waals surface area (Å²) in [5, 5.41) is 11.2. The Morgan fingerprint density at radius 3 is 2.59 bits per heavy atom.